The van der Waals surface area contributed by atoms with Crippen LogP contribution in [0.2, 0.25) is 0 Å². The van der Waals surface area contributed by atoms with Gasteiger partial charge in [-0.05, 0) is 38.1 Å². The van der Waals surface area contributed by atoms with Gasteiger partial charge in [-0.1, -0.05) is 19.8 Å². The van der Waals surface area contributed by atoms with E-state index in [1.165, 1.54) is 25.7 Å². The third-order valence-electron chi connectivity index (χ3n) is 4.25. The zero-order chi connectivity index (χ0) is 12.1. The van der Waals surface area contributed by atoms with Gasteiger partial charge in [-0.15, -0.1) is 0 Å². The summed E-state index contributed by atoms with van der Waals surface area (Å²) in [5.41, 5.74) is 0. The first-order valence-electron chi connectivity index (χ1n) is 7.27. The zero-order valence-corrected chi connectivity index (χ0v) is 11.1. The summed E-state index contributed by atoms with van der Waals surface area (Å²) < 4.78 is 6.01. The predicted molar refractivity (Wildman–Crippen MR) is 69.1 cm³/mol. The maximum atomic E-state index is 9.59. The Labute approximate surface area is 105 Å². The van der Waals surface area contributed by atoms with Crippen LogP contribution in [0.3, 0.4) is 0 Å². The lowest BCUT2D eigenvalue weighted by Gasteiger charge is -2.32. The number of ether oxygens (including phenoxy) is 1. The van der Waals surface area contributed by atoms with Crippen LogP contribution in [0.25, 0.3) is 0 Å². The number of hydrogen-bond acceptors (Lipinski definition) is 3. The molecule has 1 saturated carbocycles. The Balaban J connectivity index is 1.61. The molecule has 0 amide bonds. The van der Waals surface area contributed by atoms with Crippen molar-refractivity contribution >= 4 is 0 Å². The lowest BCUT2D eigenvalue weighted by atomic mass is 9.88. The highest BCUT2D eigenvalue weighted by molar-refractivity contribution is 4.74. The Hall–Kier alpha value is -0.120. The SMILES string of the molecule is CC1CCCCC1OCCN1CCCC(O)C1. The Kier molecular flexibility index (Phi) is 5.26. The fourth-order valence-electron chi connectivity index (χ4n) is 3.10. The van der Waals surface area contributed by atoms with Gasteiger partial charge in [0.1, 0.15) is 0 Å². The minimum Gasteiger partial charge on any atom is -0.392 e. The van der Waals surface area contributed by atoms with Gasteiger partial charge in [0.05, 0.1) is 18.8 Å². The van der Waals surface area contributed by atoms with Crippen molar-refractivity contribution in [2.24, 2.45) is 5.92 Å². The lowest BCUT2D eigenvalue weighted by molar-refractivity contribution is -0.0222. The molecule has 1 aliphatic heterocycles. The van der Waals surface area contributed by atoms with E-state index in [1.54, 1.807) is 0 Å². The molecule has 0 radical (unpaired) electrons. The van der Waals surface area contributed by atoms with E-state index in [0.29, 0.717) is 6.10 Å². The van der Waals surface area contributed by atoms with Crippen molar-refractivity contribution in [2.45, 2.75) is 57.7 Å². The van der Waals surface area contributed by atoms with Crippen LogP contribution in [0, 0.1) is 5.92 Å². The monoisotopic (exact) mass is 241 g/mol. The summed E-state index contributed by atoms with van der Waals surface area (Å²) in [6, 6.07) is 0. The molecule has 2 rings (SSSR count). The first-order valence-corrected chi connectivity index (χ1v) is 7.27. The van der Waals surface area contributed by atoms with Crippen molar-refractivity contribution in [3.05, 3.63) is 0 Å². The highest BCUT2D eigenvalue weighted by Gasteiger charge is 2.22. The second-order valence-corrected chi connectivity index (χ2v) is 5.77. The maximum Gasteiger partial charge on any atom is 0.0667 e. The summed E-state index contributed by atoms with van der Waals surface area (Å²) >= 11 is 0. The van der Waals surface area contributed by atoms with Gasteiger partial charge in [0.25, 0.3) is 0 Å². The number of aliphatic hydroxyl groups excluding tert-OH is 1. The van der Waals surface area contributed by atoms with Gasteiger partial charge >= 0.3 is 0 Å². The van der Waals surface area contributed by atoms with Crippen LogP contribution in [-0.2, 0) is 4.74 Å². The van der Waals surface area contributed by atoms with Crippen LogP contribution in [0.4, 0.5) is 0 Å². The molecule has 3 nitrogen and oxygen atoms in total. The summed E-state index contributed by atoms with van der Waals surface area (Å²) in [6.07, 6.45) is 7.74. The minimum absolute atomic E-state index is 0.114. The molecule has 17 heavy (non-hydrogen) atoms. The van der Waals surface area contributed by atoms with Crippen molar-refractivity contribution in [3.8, 4) is 0 Å². The largest absolute Gasteiger partial charge is 0.392 e. The lowest BCUT2D eigenvalue weighted by Crippen LogP contribution is -2.40. The number of rotatable bonds is 4. The normalized spacial score (nSPS) is 36.0. The third-order valence-corrected chi connectivity index (χ3v) is 4.25. The molecule has 3 atom stereocenters. The first kappa shape index (κ1) is 13.3. The average molecular weight is 241 g/mol. The van der Waals surface area contributed by atoms with Crippen LogP contribution in [0.5, 0.6) is 0 Å². The fraction of sp³-hybridized carbons (Fsp3) is 1.00. The average Bonchev–Trinajstić information content (AvgIpc) is 2.32. The molecule has 100 valence electrons. The highest BCUT2D eigenvalue weighted by Crippen LogP contribution is 2.26. The van der Waals surface area contributed by atoms with E-state index in [-0.39, 0.29) is 6.10 Å². The van der Waals surface area contributed by atoms with E-state index in [4.69, 9.17) is 4.74 Å². The number of β-amino-alcohol motifs (C(OH)–C–C–N with tert-alkyl or cyclic N) is 1. The molecule has 0 spiro atoms. The van der Waals surface area contributed by atoms with Crippen LogP contribution in [0.15, 0.2) is 0 Å². The third kappa shape index (κ3) is 4.23. The van der Waals surface area contributed by atoms with E-state index >= 15 is 0 Å². The predicted octanol–water partition coefficient (Wildman–Crippen LogP) is 2.04. The molecule has 3 heteroatoms. The number of nitrogens with zero attached hydrogens (tertiary/aromatic N) is 1. The van der Waals surface area contributed by atoms with E-state index in [2.05, 4.69) is 11.8 Å². The van der Waals surface area contributed by atoms with E-state index < -0.39 is 0 Å². The quantitative estimate of drug-likeness (QED) is 0.817. The van der Waals surface area contributed by atoms with Crippen LogP contribution < -0.4 is 0 Å². The molecule has 1 heterocycles. The first-order chi connectivity index (χ1) is 8.25. The molecule has 1 aliphatic carbocycles. The standard InChI is InChI=1S/C14H27NO2/c1-12-5-2-3-7-14(12)17-10-9-15-8-4-6-13(16)11-15/h12-14,16H,2-11H2,1H3. The van der Waals surface area contributed by atoms with Crippen LogP contribution >= 0.6 is 0 Å². The molecular formula is C14H27NO2. The minimum atomic E-state index is -0.114. The second-order valence-electron chi connectivity index (χ2n) is 5.77. The van der Waals surface area contributed by atoms with Gasteiger partial charge in [0, 0.05) is 13.1 Å². The molecule has 1 N–H and O–H groups in total. The smallest absolute Gasteiger partial charge is 0.0667 e. The van der Waals surface area contributed by atoms with Gasteiger partial charge in [0.15, 0.2) is 0 Å². The molecule has 0 aromatic heterocycles. The van der Waals surface area contributed by atoms with E-state index in [1.807, 2.05) is 0 Å². The van der Waals surface area contributed by atoms with Gasteiger partial charge in [-0.2, -0.15) is 0 Å². The van der Waals surface area contributed by atoms with Gasteiger partial charge in [0.2, 0.25) is 0 Å². The number of likely N-dealkylation sites (tertiary alicyclic amines) is 1. The molecule has 2 fully saturated rings. The summed E-state index contributed by atoms with van der Waals surface area (Å²) in [7, 11) is 0. The molecule has 3 unspecified atom stereocenters. The van der Waals surface area contributed by atoms with Crippen molar-refractivity contribution in [3.63, 3.8) is 0 Å². The Morgan fingerprint density at radius 2 is 2.00 bits per heavy atom. The van der Waals surface area contributed by atoms with E-state index in [9.17, 15) is 5.11 Å². The van der Waals surface area contributed by atoms with Crippen molar-refractivity contribution in [1.29, 1.82) is 0 Å². The van der Waals surface area contributed by atoms with Crippen LogP contribution in [-0.4, -0.2) is 48.5 Å². The molecular weight excluding hydrogens is 214 g/mol. The van der Waals surface area contributed by atoms with Crippen molar-refractivity contribution in [2.75, 3.05) is 26.2 Å². The number of piperidine rings is 1. The Morgan fingerprint density at radius 3 is 2.76 bits per heavy atom. The van der Waals surface area contributed by atoms with Gasteiger partial charge in [-0.3, -0.25) is 4.90 Å². The summed E-state index contributed by atoms with van der Waals surface area (Å²) in [5, 5.41) is 9.59. The van der Waals surface area contributed by atoms with Gasteiger partial charge in [-0.25, -0.2) is 0 Å². The fourth-order valence-corrected chi connectivity index (χ4v) is 3.10. The van der Waals surface area contributed by atoms with E-state index in [0.717, 1.165) is 45.0 Å². The molecule has 0 aromatic carbocycles. The van der Waals surface area contributed by atoms with Gasteiger partial charge < -0.3 is 9.84 Å². The Morgan fingerprint density at radius 1 is 1.18 bits per heavy atom. The molecule has 0 bridgehead atoms. The number of hydrogen-bond donors (Lipinski definition) is 1. The molecule has 0 aromatic rings. The summed E-state index contributed by atoms with van der Waals surface area (Å²) in [5.74, 6) is 0.732. The molecule has 2 aliphatic rings. The molecule has 1 saturated heterocycles. The summed E-state index contributed by atoms with van der Waals surface area (Å²) in [6.45, 7) is 6.10. The topological polar surface area (TPSA) is 32.7 Å². The zero-order valence-electron chi connectivity index (χ0n) is 11.1. The summed E-state index contributed by atoms with van der Waals surface area (Å²) in [4.78, 5) is 2.33. The highest BCUT2D eigenvalue weighted by atomic mass is 16.5. The van der Waals surface area contributed by atoms with Crippen LogP contribution in [0.1, 0.15) is 45.4 Å². The second kappa shape index (κ2) is 6.72. The van der Waals surface area contributed by atoms with Crippen molar-refractivity contribution < 1.29 is 9.84 Å². The number of aliphatic hydroxyl groups is 1. The maximum absolute atomic E-state index is 9.59. The Bertz CT molecular complexity index is 222. The van der Waals surface area contributed by atoms with Crippen molar-refractivity contribution in [1.82, 2.24) is 4.90 Å².